The first-order chi connectivity index (χ1) is 10.3. The van der Waals surface area contributed by atoms with Gasteiger partial charge >= 0.3 is 0 Å². The molecule has 3 rings (SSSR count). The van der Waals surface area contributed by atoms with Gasteiger partial charge in [-0.25, -0.2) is 0 Å². The summed E-state index contributed by atoms with van der Waals surface area (Å²) in [7, 11) is 0. The molecular formula is C17H20N2O2. The predicted octanol–water partition coefficient (Wildman–Crippen LogP) is 2.82. The number of aromatic nitrogens is 1. The van der Waals surface area contributed by atoms with Crippen LogP contribution in [-0.4, -0.2) is 23.9 Å². The molecular weight excluding hydrogens is 264 g/mol. The first-order valence-electron chi connectivity index (χ1n) is 7.63. The maximum Gasteiger partial charge on any atom is 0.260 e. The van der Waals surface area contributed by atoms with E-state index in [0.29, 0.717) is 17.5 Å². The average Bonchev–Trinajstić information content (AvgIpc) is 3.04. The maximum absolute atomic E-state index is 12.8. The zero-order valence-electron chi connectivity index (χ0n) is 12.3. The first kappa shape index (κ1) is 13.9. The lowest BCUT2D eigenvalue weighted by Gasteiger charge is -2.25. The standard InChI is InChI=1S/C17H20N2O2/c1-2-9-19-16(18-10-5-6-11-18)15(12-20)13-7-3-4-8-14(13)17(19)21/h3-4,7-8,12H,2,5-6,9-11H2,1H3. The number of carbonyl (C=O) groups excluding carboxylic acids is 1. The summed E-state index contributed by atoms with van der Waals surface area (Å²) in [5, 5.41) is 1.41. The van der Waals surface area contributed by atoms with E-state index in [1.807, 2.05) is 24.3 Å². The Hall–Kier alpha value is -2.10. The summed E-state index contributed by atoms with van der Waals surface area (Å²) in [5.74, 6) is 0.813. The number of aldehydes is 1. The molecule has 0 bridgehead atoms. The van der Waals surface area contributed by atoms with Crippen LogP contribution in [0.25, 0.3) is 10.8 Å². The number of pyridine rings is 1. The van der Waals surface area contributed by atoms with Crippen molar-refractivity contribution in [1.82, 2.24) is 4.57 Å². The van der Waals surface area contributed by atoms with Crippen LogP contribution in [0.5, 0.6) is 0 Å². The van der Waals surface area contributed by atoms with Gasteiger partial charge in [-0.1, -0.05) is 25.1 Å². The lowest BCUT2D eigenvalue weighted by Crippen LogP contribution is -2.31. The van der Waals surface area contributed by atoms with Crippen LogP contribution in [0.4, 0.5) is 5.82 Å². The summed E-state index contributed by atoms with van der Waals surface area (Å²) in [4.78, 5) is 26.7. The van der Waals surface area contributed by atoms with Crippen molar-refractivity contribution in [2.75, 3.05) is 18.0 Å². The van der Waals surface area contributed by atoms with Crippen molar-refractivity contribution < 1.29 is 4.79 Å². The van der Waals surface area contributed by atoms with E-state index in [9.17, 15) is 9.59 Å². The number of hydrogen-bond acceptors (Lipinski definition) is 3. The summed E-state index contributed by atoms with van der Waals surface area (Å²) >= 11 is 0. The third kappa shape index (κ3) is 2.24. The van der Waals surface area contributed by atoms with Gasteiger partial charge in [0, 0.05) is 30.4 Å². The largest absolute Gasteiger partial charge is 0.357 e. The molecule has 1 aliphatic heterocycles. The highest BCUT2D eigenvalue weighted by molar-refractivity contribution is 6.02. The molecule has 1 aliphatic rings. The van der Waals surface area contributed by atoms with Gasteiger partial charge in [0.15, 0.2) is 6.29 Å². The Labute approximate surface area is 124 Å². The Bertz CT molecular complexity index is 727. The van der Waals surface area contributed by atoms with Gasteiger partial charge in [-0.05, 0) is 25.3 Å². The van der Waals surface area contributed by atoms with Crippen LogP contribution in [0.1, 0.15) is 36.5 Å². The quantitative estimate of drug-likeness (QED) is 0.811. The summed E-state index contributed by atoms with van der Waals surface area (Å²) in [6.45, 7) is 4.54. The summed E-state index contributed by atoms with van der Waals surface area (Å²) in [6, 6.07) is 7.41. The average molecular weight is 284 g/mol. The maximum atomic E-state index is 12.8. The second kappa shape index (κ2) is 5.72. The summed E-state index contributed by atoms with van der Waals surface area (Å²) in [5.41, 5.74) is 0.667. The molecule has 4 nitrogen and oxygen atoms in total. The molecule has 1 saturated heterocycles. The molecule has 0 radical (unpaired) electrons. The van der Waals surface area contributed by atoms with Crippen molar-refractivity contribution in [3.63, 3.8) is 0 Å². The molecule has 110 valence electrons. The molecule has 21 heavy (non-hydrogen) atoms. The first-order valence-corrected chi connectivity index (χ1v) is 7.63. The second-order valence-corrected chi connectivity index (χ2v) is 5.55. The zero-order valence-corrected chi connectivity index (χ0v) is 12.3. The molecule has 1 aromatic carbocycles. The van der Waals surface area contributed by atoms with Gasteiger partial charge in [-0.2, -0.15) is 0 Å². The number of fused-ring (bicyclic) bond motifs is 1. The van der Waals surface area contributed by atoms with Crippen LogP contribution < -0.4 is 10.5 Å². The fourth-order valence-corrected chi connectivity index (χ4v) is 3.23. The van der Waals surface area contributed by atoms with Crippen molar-refractivity contribution in [1.29, 1.82) is 0 Å². The topological polar surface area (TPSA) is 42.3 Å². The summed E-state index contributed by atoms with van der Waals surface area (Å²) < 4.78 is 1.79. The predicted molar refractivity (Wildman–Crippen MR) is 85.3 cm³/mol. The molecule has 2 aromatic rings. The van der Waals surface area contributed by atoms with Crippen molar-refractivity contribution in [2.24, 2.45) is 0 Å². The highest BCUT2D eigenvalue weighted by atomic mass is 16.1. The van der Waals surface area contributed by atoms with Crippen LogP contribution in [-0.2, 0) is 6.54 Å². The van der Waals surface area contributed by atoms with E-state index in [1.54, 1.807) is 4.57 Å². The van der Waals surface area contributed by atoms with Gasteiger partial charge in [-0.3, -0.25) is 14.2 Å². The highest BCUT2D eigenvalue weighted by Gasteiger charge is 2.22. The van der Waals surface area contributed by atoms with Crippen molar-refractivity contribution in [3.8, 4) is 0 Å². The van der Waals surface area contributed by atoms with Gasteiger partial charge in [0.1, 0.15) is 5.82 Å². The Morgan fingerprint density at radius 3 is 2.43 bits per heavy atom. The van der Waals surface area contributed by atoms with E-state index in [4.69, 9.17) is 0 Å². The Balaban J connectivity index is 2.38. The normalized spacial score (nSPS) is 14.8. The number of benzene rings is 1. The van der Waals surface area contributed by atoms with Crippen molar-refractivity contribution in [3.05, 3.63) is 40.2 Å². The molecule has 2 heterocycles. The Morgan fingerprint density at radius 1 is 1.14 bits per heavy atom. The van der Waals surface area contributed by atoms with Crippen LogP contribution in [0.15, 0.2) is 29.1 Å². The SMILES string of the molecule is CCCn1c(N2CCCC2)c(C=O)c2ccccc2c1=O. The molecule has 4 heteroatoms. The van der Waals surface area contributed by atoms with E-state index < -0.39 is 0 Å². The van der Waals surface area contributed by atoms with E-state index in [1.165, 1.54) is 0 Å². The van der Waals surface area contributed by atoms with E-state index >= 15 is 0 Å². The second-order valence-electron chi connectivity index (χ2n) is 5.55. The number of nitrogens with zero attached hydrogens (tertiary/aromatic N) is 2. The molecule has 0 unspecified atom stereocenters. The molecule has 0 aliphatic carbocycles. The lowest BCUT2D eigenvalue weighted by atomic mass is 10.1. The fraction of sp³-hybridized carbons (Fsp3) is 0.412. The highest BCUT2D eigenvalue weighted by Crippen LogP contribution is 2.28. The molecule has 0 amide bonds. The lowest BCUT2D eigenvalue weighted by molar-refractivity contribution is 0.112. The zero-order chi connectivity index (χ0) is 14.8. The number of hydrogen-bond donors (Lipinski definition) is 0. The number of rotatable bonds is 4. The van der Waals surface area contributed by atoms with Crippen molar-refractivity contribution in [2.45, 2.75) is 32.7 Å². The van der Waals surface area contributed by atoms with Gasteiger partial charge in [-0.15, -0.1) is 0 Å². The minimum absolute atomic E-state index is 0.0138. The molecule has 0 spiro atoms. The van der Waals surface area contributed by atoms with E-state index in [2.05, 4.69) is 11.8 Å². The smallest absolute Gasteiger partial charge is 0.260 e. The molecule has 0 saturated carbocycles. The molecule has 1 aromatic heterocycles. The summed E-state index contributed by atoms with van der Waals surface area (Å²) in [6.07, 6.45) is 4.01. The minimum Gasteiger partial charge on any atom is -0.357 e. The van der Waals surface area contributed by atoms with E-state index in [-0.39, 0.29) is 5.56 Å². The van der Waals surface area contributed by atoms with Crippen LogP contribution in [0.3, 0.4) is 0 Å². The third-order valence-electron chi connectivity index (χ3n) is 4.16. The van der Waals surface area contributed by atoms with Gasteiger partial charge in [0.05, 0.1) is 5.56 Å². The Kier molecular flexibility index (Phi) is 3.78. The van der Waals surface area contributed by atoms with E-state index in [0.717, 1.165) is 49.8 Å². The molecule has 1 fully saturated rings. The Morgan fingerprint density at radius 2 is 1.81 bits per heavy atom. The molecule has 0 atom stereocenters. The van der Waals surface area contributed by atoms with Crippen LogP contribution in [0, 0.1) is 0 Å². The fourth-order valence-electron chi connectivity index (χ4n) is 3.23. The van der Waals surface area contributed by atoms with Crippen LogP contribution in [0.2, 0.25) is 0 Å². The molecule has 0 N–H and O–H groups in total. The van der Waals surface area contributed by atoms with Gasteiger partial charge in [0.2, 0.25) is 0 Å². The van der Waals surface area contributed by atoms with Gasteiger partial charge in [0.25, 0.3) is 5.56 Å². The number of anilines is 1. The monoisotopic (exact) mass is 284 g/mol. The minimum atomic E-state index is 0.0138. The third-order valence-corrected chi connectivity index (χ3v) is 4.16. The number of carbonyl (C=O) groups is 1. The van der Waals surface area contributed by atoms with Crippen LogP contribution >= 0.6 is 0 Å². The van der Waals surface area contributed by atoms with Gasteiger partial charge < -0.3 is 4.90 Å². The van der Waals surface area contributed by atoms with Crippen molar-refractivity contribution >= 4 is 22.9 Å².